The number of rotatable bonds is 2. The van der Waals surface area contributed by atoms with E-state index in [-0.39, 0.29) is 0 Å². The first-order valence-corrected chi connectivity index (χ1v) is 3.87. The Kier molecular flexibility index (Phi) is 1.96. The molecule has 2 rings (SSSR count). The molecule has 0 fully saturated rings. The molecule has 0 unspecified atom stereocenters. The van der Waals surface area contributed by atoms with Gasteiger partial charge in [-0.15, -0.1) is 0 Å². The summed E-state index contributed by atoms with van der Waals surface area (Å²) in [5.41, 5.74) is 0.835. The minimum absolute atomic E-state index is 0.325. The van der Waals surface area contributed by atoms with Crippen molar-refractivity contribution in [3.8, 4) is 0 Å². The molecule has 0 saturated carbocycles. The highest BCUT2D eigenvalue weighted by atomic mass is 19.2. The van der Waals surface area contributed by atoms with Crippen LogP contribution in [0.5, 0.6) is 0 Å². The number of aromatic nitrogens is 2. The molecule has 13 heavy (non-hydrogen) atoms. The van der Waals surface area contributed by atoms with Crippen LogP contribution in [0.15, 0.2) is 42.9 Å². The van der Waals surface area contributed by atoms with Crippen LogP contribution in [-0.4, -0.2) is 9.77 Å². The molecule has 0 atom stereocenters. The molecule has 3 nitrogen and oxygen atoms in total. The van der Waals surface area contributed by atoms with Gasteiger partial charge < -0.3 is 5.32 Å². The van der Waals surface area contributed by atoms with Crippen LogP contribution in [0, 0.1) is 0 Å². The summed E-state index contributed by atoms with van der Waals surface area (Å²) in [7, 11) is 0. The summed E-state index contributed by atoms with van der Waals surface area (Å²) in [6.07, 6.45) is 2.53. The van der Waals surface area contributed by atoms with Crippen LogP contribution in [0.4, 0.5) is 16.0 Å². The maximum Gasteiger partial charge on any atom is 0.161 e. The first-order chi connectivity index (χ1) is 6.36. The summed E-state index contributed by atoms with van der Waals surface area (Å²) in [5, 5.41) is 2.88. The largest absolute Gasteiger partial charge is 0.338 e. The molecule has 0 amide bonds. The van der Waals surface area contributed by atoms with Crippen molar-refractivity contribution in [3.63, 3.8) is 0 Å². The Hall–Kier alpha value is -1.84. The number of nitrogens with zero attached hydrogens (tertiary/aromatic N) is 2. The summed E-state index contributed by atoms with van der Waals surface area (Å²) in [6.45, 7) is 0. The highest BCUT2D eigenvalue weighted by Gasteiger charge is 1.99. The second-order valence-electron chi connectivity index (χ2n) is 2.58. The van der Waals surface area contributed by atoms with E-state index in [1.165, 1.54) is 6.20 Å². The molecule has 66 valence electrons. The summed E-state index contributed by atoms with van der Waals surface area (Å²) < 4.78 is 12.8. The van der Waals surface area contributed by atoms with Crippen LogP contribution in [0.25, 0.3) is 0 Å². The molecule has 1 aromatic carbocycles. The molecule has 0 radical (unpaired) electrons. The smallest absolute Gasteiger partial charge is 0.161 e. The summed E-state index contributed by atoms with van der Waals surface area (Å²) in [4.78, 5) is 4.08. The zero-order valence-corrected chi connectivity index (χ0v) is 6.81. The maximum absolute atomic E-state index is 12.8. The van der Waals surface area contributed by atoms with Crippen molar-refractivity contribution in [2.24, 2.45) is 0 Å². The molecule has 2 aromatic rings. The van der Waals surface area contributed by atoms with Crippen LogP contribution in [0.2, 0.25) is 0 Å². The molecule has 1 aromatic heterocycles. The van der Waals surface area contributed by atoms with Gasteiger partial charge in [-0.25, -0.2) is 4.98 Å². The van der Waals surface area contributed by atoms with Crippen molar-refractivity contribution in [3.05, 3.63) is 42.9 Å². The number of hydrogen-bond donors (Lipinski definition) is 1. The Morgan fingerprint density at radius 3 is 2.62 bits per heavy atom. The predicted molar refractivity (Wildman–Crippen MR) is 48.5 cm³/mol. The lowest BCUT2D eigenvalue weighted by Crippen LogP contribution is -1.93. The first-order valence-electron chi connectivity index (χ1n) is 3.87. The highest BCUT2D eigenvalue weighted by Crippen LogP contribution is 2.14. The van der Waals surface area contributed by atoms with Gasteiger partial charge in [0, 0.05) is 5.69 Å². The van der Waals surface area contributed by atoms with E-state index >= 15 is 0 Å². The Bertz CT molecular complexity index is 383. The third-order valence-corrected chi connectivity index (χ3v) is 1.64. The third kappa shape index (κ3) is 1.66. The number of benzene rings is 1. The van der Waals surface area contributed by atoms with Gasteiger partial charge in [0.25, 0.3) is 0 Å². The average Bonchev–Trinajstić information content (AvgIpc) is 2.54. The van der Waals surface area contributed by atoms with Gasteiger partial charge in [-0.2, -0.15) is 4.79 Å². The minimum atomic E-state index is 0.325. The predicted octanol–water partition coefficient (Wildman–Crippen LogP) is 2.36. The summed E-state index contributed by atoms with van der Waals surface area (Å²) in [5.74, 6) is 0.325. The quantitative estimate of drug-likeness (QED) is 0.763. The zero-order chi connectivity index (χ0) is 9.10. The van der Waals surface area contributed by atoms with Crippen LogP contribution >= 0.6 is 0 Å². The normalized spacial score (nSPS) is 9.92. The monoisotopic (exact) mass is 177 g/mol. The Morgan fingerprint density at radius 1 is 1.23 bits per heavy atom. The third-order valence-electron chi connectivity index (χ3n) is 1.64. The van der Waals surface area contributed by atoms with E-state index in [4.69, 9.17) is 0 Å². The summed E-state index contributed by atoms with van der Waals surface area (Å²) in [6, 6.07) is 9.36. The van der Waals surface area contributed by atoms with Gasteiger partial charge in [-0.1, -0.05) is 22.7 Å². The Morgan fingerprint density at radius 2 is 2.00 bits per heavy atom. The lowest BCUT2D eigenvalue weighted by molar-refractivity contribution is 0.375. The van der Waals surface area contributed by atoms with Crippen LogP contribution in [0.3, 0.4) is 0 Å². The molecule has 1 N–H and O–H groups in total. The number of halogens is 1. The van der Waals surface area contributed by atoms with E-state index in [0.717, 1.165) is 12.0 Å². The van der Waals surface area contributed by atoms with Gasteiger partial charge >= 0.3 is 0 Å². The van der Waals surface area contributed by atoms with E-state index in [0.29, 0.717) is 10.6 Å². The molecule has 0 spiro atoms. The van der Waals surface area contributed by atoms with Crippen LogP contribution in [-0.2, 0) is 0 Å². The second-order valence-corrected chi connectivity index (χ2v) is 2.58. The van der Waals surface area contributed by atoms with Gasteiger partial charge in [-0.3, -0.25) is 0 Å². The van der Waals surface area contributed by atoms with E-state index in [2.05, 4.69) is 10.3 Å². The van der Waals surface area contributed by atoms with Crippen LogP contribution in [0.1, 0.15) is 0 Å². The van der Waals surface area contributed by atoms with Crippen molar-refractivity contribution in [2.75, 3.05) is 5.32 Å². The molecule has 0 saturated heterocycles. The Labute approximate surface area is 74.8 Å². The molecule has 0 bridgehead atoms. The van der Waals surface area contributed by atoms with E-state index in [1.807, 2.05) is 30.3 Å². The standard InChI is InChI=1S/C9H8FN3/c10-13-7-11-6-9(13)12-8-4-2-1-3-5-8/h1-7,12H. The summed E-state index contributed by atoms with van der Waals surface area (Å²) >= 11 is 0. The van der Waals surface area contributed by atoms with E-state index in [1.54, 1.807) is 0 Å². The minimum Gasteiger partial charge on any atom is -0.338 e. The van der Waals surface area contributed by atoms with E-state index in [9.17, 15) is 4.48 Å². The van der Waals surface area contributed by atoms with Crippen molar-refractivity contribution in [2.45, 2.75) is 0 Å². The Balaban J connectivity index is 2.20. The fourth-order valence-corrected chi connectivity index (χ4v) is 1.03. The SMILES string of the molecule is Fn1cncc1Nc1ccccc1. The highest BCUT2D eigenvalue weighted by molar-refractivity contribution is 5.54. The number of nitrogens with one attached hydrogen (secondary N) is 1. The number of para-hydroxylation sites is 1. The molecular formula is C9H8FN3. The van der Waals surface area contributed by atoms with E-state index < -0.39 is 0 Å². The topological polar surface area (TPSA) is 29.9 Å². The van der Waals surface area contributed by atoms with Gasteiger partial charge in [0.15, 0.2) is 5.82 Å². The van der Waals surface area contributed by atoms with Crippen molar-refractivity contribution < 1.29 is 4.48 Å². The van der Waals surface area contributed by atoms with Gasteiger partial charge in [-0.05, 0) is 12.1 Å². The van der Waals surface area contributed by atoms with Gasteiger partial charge in [0.05, 0.1) is 6.20 Å². The molecular weight excluding hydrogens is 169 g/mol. The lowest BCUT2D eigenvalue weighted by Gasteiger charge is -2.02. The zero-order valence-electron chi connectivity index (χ0n) is 6.81. The molecule has 0 aliphatic carbocycles. The van der Waals surface area contributed by atoms with Crippen molar-refractivity contribution >= 4 is 11.5 Å². The fourth-order valence-electron chi connectivity index (χ4n) is 1.03. The fraction of sp³-hybridized carbons (Fsp3) is 0. The lowest BCUT2D eigenvalue weighted by atomic mass is 10.3. The maximum atomic E-state index is 12.8. The van der Waals surface area contributed by atoms with Gasteiger partial charge in [0.2, 0.25) is 0 Å². The number of imidazole rings is 1. The van der Waals surface area contributed by atoms with Crippen molar-refractivity contribution in [1.29, 1.82) is 0 Å². The molecule has 0 aliphatic heterocycles. The van der Waals surface area contributed by atoms with Gasteiger partial charge in [0.1, 0.15) is 6.33 Å². The second kappa shape index (κ2) is 3.26. The first kappa shape index (κ1) is 7.79. The average molecular weight is 177 g/mol. The molecule has 4 heteroatoms. The number of hydrogen-bond acceptors (Lipinski definition) is 2. The molecule has 1 heterocycles. The van der Waals surface area contributed by atoms with Crippen molar-refractivity contribution in [1.82, 2.24) is 9.77 Å². The molecule has 0 aliphatic rings. The van der Waals surface area contributed by atoms with Crippen LogP contribution < -0.4 is 5.32 Å². The number of anilines is 2.